The van der Waals surface area contributed by atoms with Gasteiger partial charge in [-0.2, -0.15) is 0 Å². The largest absolute Gasteiger partial charge is 0.294 e. The number of rotatable bonds is 3. The number of hydrogen-bond donors (Lipinski definition) is 0. The van der Waals surface area contributed by atoms with E-state index in [2.05, 4.69) is 0 Å². The molecule has 0 atom stereocenters. The zero-order valence-electron chi connectivity index (χ0n) is 10.8. The van der Waals surface area contributed by atoms with E-state index in [9.17, 15) is 9.18 Å². The number of halogens is 1. The van der Waals surface area contributed by atoms with Gasteiger partial charge in [-0.25, -0.2) is 4.39 Å². The molecule has 0 unspecified atom stereocenters. The fourth-order valence-corrected chi connectivity index (χ4v) is 2.38. The van der Waals surface area contributed by atoms with Gasteiger partial charge in [0.15, 0.2) is 5.78 Å². The molecule has 0 radical (unpaired) electrons. The number of hydrogen-bond acceptors (Lipinski definition) is 1. The van der Waals surface area contributed by atoms with Gasteiger partial charge in [0.2, 0.25) is 0 Å². The molecule has 0 saturated heterocycles. The molecule has 3 aromatic carbocycles. The van der Waals surface area contributed by atoms with E-state index in [-0.39, 0.29) is 18.0 Å². The van der Waals surface area contributed by atoms with Gasteiger partial charge < -0.3 is 0 Å². The predicted octanol–water partition coefficient (Wildman–Crippen LogP) is 4.40. The third kappa shape index (κ3) is 2.45. The second-order valence-electron chi connectivity index (χ2n) is 4.75. The number of carbonyl (C=O) groups is 1. The molecule has 0 aromatic heterocycles. The van der Waals surface area contributed by atoms with Crippen molar-refractivity contribution in [3.63, 3.8) is 0 Å². The van der Waals surface area contributed by atoms with Gasteiger partial charge in [0.05, 0.1) is 0 Å². The van der Waals surface area contributed by atoms with E-state index in [4.69, 9.17) is 0 Å². The molecule has 0 bridgehead atoms. The second-order valence-corrected chi connectivity index (χ2v) is 4.75. The minimum atomic E-state index is -0.381. The normalized spacial score (nSPS) is 10.7. The van der Waals surface area contributed by atoms with Gasteiger partial charge in [-0.15, -0.1) is 0 Å². The Kier molecular flexibility index (Phi) is 3.30. The molecular weight excluding hydrogens is 251 g/mol. The molecule has 98 valence electrons. The summed E-state index contributed by atoms with van der Waals surface area (Å²) in [5, 5.41) is 2.18. The average Bonchev–Trinajstić information content (AvgIpc) is 2.47. The van der Waals surface area contributed by atoms with Crippen LogP contribution in [0.3, 0.4) is 0 Å². The number of carbonyl (C=O) groups excluding carboxylic acids is 1. The molecule has 0 amide bonds. The van der Waals surface area contributed by atoms with Gasteiger partial charge in [-0.3, -0.25) is 4.79 Å². The van der Waals surface area contributed by atoms with Gasteiger partial charge in [-0.1, -0.05) is 54.6 Å². The number of fused-ring (bicyclic) bond motifs is 1. The Morgan fingerprint density at radius 2 is 1.65 bits per heavy atom. The van der Waals surface area contributed by atoms with Crippen LogP contribution in [0.15, 0.2) is 66.7 Å². The van der Waals surface area contributed by atoms with Crippen LogP contribution in [0, 0.1) is 5.82 Å². The second kappa shape index (κ2) is 5.25. The first-order chi connectivity index (χ1) is 9.74. The lowest BCUT2D eigenvalue weighted by Gasteiger charge is -2.06. The molecule has 0 heterocycles. The molecule has 0 N–H and O–H groups in total. The summed E-state index contributed by atoms with van der Waals surface area (Å²) >= 11 is 0. The molecule has 3 aromatic rings. The van der Waals surface area contributed by atoms with E-state index in [1.165, 1.54) is 12.1 Å². The number of ketones is 1. The van der Waals surface area contributed by atoms with Crippen molar-refractivity contribution >= 4 is 16.6 Å². The third-order valence-electron chi connectivity index (χ3n) is 3.38. The average molecular weight is 264 g/mol. The van der Waals surface area contributed by atoms with Gasteiger partial charge in [0, 0.05) is 12.0 Å². The predicted molar refractivity (Wildman–Crippen MR) is 78.4 cm³/mol. The first-order valence-electron chi connectivity index (χ1n) is 6.49. The molecule has 20 heavy (non-hydrogen) atoms. The zero-order valence-corrected chi connectivity index (χ0v) is 10.8. The van der Waals surface area contributed by atoms with Crippen LogP contribution in [0.1, 0.15) is 15.9 Å². The van der Waals surface area contributed by atoms with E-state index in [0.717, 1.165) is 16.3 Å². The molecule has 0 aliphatic heterocycles. The highest BCUT2D eigenvalue weighted by atomic mass is 19.1. The summed E-state index contributed by atoms with van der Waals surface area (Å²) in [6.45, 7) is 0. The van der Waals surface area contributed by atoms with Crippen molar-refractivity contribution in [1.29, 1.82) is 0 Å². The Labute approximate surface area is 116 Å². The quantitative estimate of drug-likeness (QED) is 0.641. The van der Waals surface area contributed by atoms with Crippen LogP contribution >= 0.6 is 0 Å². The highest BCUT2D eigenvalue weighted by Crippen LogP contribution is 2.20. The standard InChI is InChI=1S/C18H13FO/c19-16-9-4-8-15(11-16)18(20)12-14-7-3-6-13-5-1-2-10-17(13)14/h1-11H,12H2. The van der Waals surface area contributed by atoms with Crippen LogP contribution < -0.4 is 0 Å². The van der Waals surface area contributed by atoms with E-state index >= 15 is 0 Å². The molecule has 3 rings (SSSR count). The summed E-state index contributed by atoms with van der Waals surface area (Å²) in [4.78, 5) is 12.2. The SMILES string of the molecule is O=C(Cc1cccc2ccccc12)c1cccc(F)c1. The summed E-state index contributed by atoms with van der Waals surface area (Å²) < 4.78 is 13.2. The van der Waals surface area contributed by atoms with Gasteiger partial charge in [-0.05, 0) is 28.5 Å². The Morgan fingerprint density at radius 1 is 0.900 bits per heavy atom. The Balaban J connectivity index is 1.95. The van der Waals surface area contributed by atoms with E-state index < -0.39 is 0 Å². The maximum atomic E-state index is 13.2. The lowest BCUT2D eigenvalue weighted by Crippen LogP contribution is -2.04. The smallest absolute Gasteiger partial charge is 0.167 e. The first kappa shape index (κ1) is 12.5. The first-order valence-corrected chi connectivity index (χ1v) is 6.49. The van der Waals surface area contributed by atoms with Crippen molar-refractivity contribution < 1.29 is 9.18 Å². The summed E-state index contributed by atoms with van der Waals surface area (Å²) in [6, 6.07) is 19.7. The maximum absolute atomic E-state index is 13.2. The maximum Gasteiger partial charge on any atom is 0.167 e. The molecule has 1 nitrogen and oxygen atoms in total. The Hall–Kier alpha value is -2.48. The van der Waals surface area contributed by atoms with Gasteiger partial charge in [0.1, 0.15) is 5.82 Å². The van der Waals surface area contributed by atoms with Crippen LogP contribution in [0.4, 0.5) is 4.39 Å². The highest BCUT2D eigenvalue weighted by molar-refractivity contribution is 6.00. The van der Waals surface area contributed by atoms with Crippen LogP contribution in [-0.4, -0.2) is 5.78 Å². The van der Waals surface area contributed by atoms with E-state index in [0.29, 0.717) is 5.56 Å². The van der Waals surface area contributed by atoms with Crippen LogP contribution in [0.25, 0.3) is 10.8 Å². The fraction of sp³-hybridized carbons (Fsp3) is 0.0556. The lowest BCUT2D eigenvalue weighted by molar-refractivity contribution is 0.0993. The van der Waals surface area contributed by atoms with Crippen LogP contribution in [0.5, 0.6) is 0 Å². The van der Waals surface area contributed by atoms with Crippen molar-refractivity contribution in [1.82, 2.24) is 0 Å². The molecule has 0 spiro atoms. The summed E-state index contributed by atoms with van der Waals surface area (Å²) in [6.07, 6.45) is 0.283. The monoisotopic (exact) mass is 264 g/mol. The third-order valence-corrected chi connectivity index (χ3v) is 3.38. The molecular formula is C18H13FO. The topological polar surface area (TPSA) is 17.1 Å². The van der Waals surface area contributed by atoms with Crippen molar-refractivity contribution in [3.8, 4) is 0 Å². The molecule has 0 fully saturated rings. The van der Waals surface area contributed by atoms with Crippen LogP contribution in [0.2, 0.25) is 0 Å². The van der Waals surface area contributed by atoms with E-state index in [1.54, 1.807) is 12.1 Å². The number of Topliss-reactive ketones (excluding diaryl/α,β-unsaturated/α-hetero) is 1. The summed E-state index contributed by atoms with van der Waals surface area (Å²) in [7, 11) is 0. The minimum absolute atomic E-state index is 0.0687. The minimum Gasteiger partial charge on any atom is -0.294 e. The van der Waals surface area contributed by atoms with Crippen molar-refractivity contribution in [2.75, 3.05) is 0 Å². The van der Waals surface area contributed by atoms with Crippen LogP contribution in [-0.2, 0) is 6.42 Å². The molecule has 0 aliphatic rings. The van der Waals surface area contributed by atoms with Crippen molar-refractivity contribution in [3.05, 3.63) is 83.7 Å². The van der Waals surface area contributed by atoms with Crippen molar-refractivity contribution in [2.45, 2.75) is 6.42 Å². The summed E-state index contributed by atoms with van der Waals surface area (Å²) in [5.74, 6) is -0.449. The lowest BCUT2D eigenvalue weighted by atomic mass is 9.98. The Morgan fingerprint density at radius 3 is 2.50 bits per heavy atom. The van der Waals surface area contributed by atoms with E-state index in [1.807, 2.05) is 42.5 Å². The molecule has 0 aliphatic carbocycles. The van der Waals surface area contributed by atoms with Crippen molar-refractivity contribution in [2.24, 2.45) is 0 Å². The fourth-order valence-electron chi connectivity index (χ4n) is 2.38. The molecule has 2 heteroatoms. The van der Waals surface area contributed by atoms with Gasteiger partial charge in [0.25, 0.3) is 0 Å². The number of benzene rings is 3. The molecule has 0 saturated carbocycles. The summed E-state index contributed by atoms with van der Waals surface area (Å²) in [5.41, 5.74) is 1.38. The Bertz CT molecular complexity index is 772. The van der Waals surface area contributed by atoms with Gasteiger partial charge >= 0.3 is 0 Å². The highest BCUT2D eigenvalue weighted by Gasteiger charge is 2.09. The zero-order chi connectivity index (χ0) is 13.9.